The van der Waals surface area contributed by atoms with Crippen LogP contribution >= 0.6 is 11.8 Å². The van der Waals surface area contributed by atoms with Crippen molar-refractivity contribution in [2.75, 3.05) is 5.75 Å². The highest BCUT2D eigenvalue weighted by molar-refractivity contribution is 7.99. The number of aromatic nitrogens is 2. The van der Waals surface area contributed by atoms with Crippen molar-refractivity contribution in [2.45, 2.75) is 56.5 Å². The third kappa shape index (κ3) is 5.09. The van der Waals surface area contributed by atoms with E-state index in [1.807, 2.05) is 34.9 Å². The second-order valence-electron chi connectivity index (χ2n) is 6.45. The number of benzene rings is 1. The quantitative estimate of drug-likeness (QED) is 0.746. The molecule has 1 heterocycles. The molecule has 2 aromatic rings. The number of hydrogen-bond acceptors (Lipinski definition) is 4. The van der Waals surface area contributed by atoms with Crippen LogP contribution in [0.15, 0.2) is 41.7 Å². The molecule has 0 atom stereocenters. The number of carbonyl (C=O) groups is 1. The molecule has 3 rings (SSSR count). The normalized spacial score (nSPS) is 15.2. The Morgan fingerprint density at radius 1 is 1.24 bits per heavy atom. The van der Waals surface area contributed by atoms with E-state index in [1.165, 1.54) is 31.0 Å². The van der Waals surface area contributed by atoms with E-state index in [-0.39, 0.29) is 12.5 Å². The van der Waals surface area contributed by atoms with Crippen molar-refractivity contribution in [3.05, 3.63) is 47.8 Å². The summed E-state index contributed by atoms with van der Waals surface area (Å²) in [7, 11) is 0. The standard InChI is InChI=1S/C19H25N3O2S/c23-13-17-11-20-19(22(17)12-15-7-3-1-4-8-15)25-14-18(24)21-16-9-5-2-6-10-16/h1,3-4,7-8,11,16,23H,2,5-6,9-10,12-14H2,(H,21,24). The van der Waals surface area contributed by atoms with E-state index in [4.69, 9.17) is 0 Å². The molecular weight excluding hydrogens is 334 g/mol. The van der Waals surface area contributed by atoms with Crippen LogP contribution < -0.4 is 5.32 Å². The van der Waals surface area contributed by atoms with Gasteiger partial charge in [0.1, 0.15) is 0 Å². The zero-order valence-corrected chi connectivity index (χ0v) is 15.2. The summed E-state index contributed by atoms with van der Waals surface area (Å²) in [5.41, 5.74) is 1.91. The number of rotatable bonds is 7. The predicted molar refractivity (Wildman–Crippen MR) is 99.4 cm³/mol. The summed E-state index contributed by atoms with van der Waals surface area (Å²) < 4.78 is 1.98. The Balaban J connectivity index is 1.60. The van der Waals surface area contributed by atoms with Crippen LogP contribution in [-0.4, -0.2) is 32.4 Å². The number of aliphatic hydroxyl groups is 1. The van der Waals surface area contributed by atoms with E-state index in [9.17, 15) is 9.90 Å². The molecule has 1 aliphatic carbocycles. The van der Waals surface area contributed by atoms with Crippen LogP contribution in [0.5, 0.6) is 0 Å². The van der Waals surface area contributed by atoms with Crippen molar-refractivity contribution >= 4 is 17.7 Å². The minimum absolute atomic E-state index is 0.0608. The first kappa shape index (κ1) is 18.0. The molecule has 134 valence electrons. The Bertz CT molecular complexity index is 681. The van der Waals surface area contributed by atoms with Gasteiger partial charge >= 0.3 is 0 Å². The summed E-state index contributed by atoms with van der Waals surface area (Å²) in [4.78, 5) is 16.6. The van der Waals surface area contributed by atoms with Crippen LogP contribution in [0.4, 0.5) is 0 Å². The lowest BCUT2D eigenvalue weighted by Gasteiger charge is -2.22. The van der Waals surface area contributed by atoms with Crippen molar-refractivity contribution in [2.24, 2.45) is 0 Å². The smallest absolute Gasteiger partial charge is 0.230 e. The molecule has 1 aliphatic rings. The number of hydrogen-bond donors (Lipinski definition) is 2. The molecule has 1 fully saturated rings. The Labute approximate surface area is 152 Å². The molecule has 1 saturated carbocycles. The number of thioether (sulfide) groups is 1. The van der Waals surface area contributed by atoms with Crippen LogP contribution in [-0.2, 0) is 17.9 Å². The van der Waals surface area contributed by atoms with Crippen LogP contribution in [0.3, 0.4) is 0 Å². The number of nitrogens with zero attached hydrogens (tertiary/aromatic N) is 2. The maximum Gasteiger partial charge on any atom is 0.230 e. The van der Waals surface area contributed by atoms with Crippen molar-refractivity contribution in [3.8, 4) is 0 Å². The lowest BCUT2D eigenvalue weighted by atomic mass is 9.95. The second kappa shape index (κ2) is 9.06. The predicted octanol–water partition coefficient (Wildman–Crippen LogP) is 2.96. The average molecular weight is 359 g/mol. The average Bonchev–Trinajstić information content (AvgIpc) is 3.03. The number of aliphatic hydroxyl groups excluding tert-OH is 1. The van der Waals surface area contributed by atoms with Gasteiger partial charge in [-0.05, 0) is 18.4 Å². The summed E-state index contributed by atoms with van der Waals surface area (Å²) in [5.74, 6) is 0.421. The van der Waals surface area contributed by atoms with E-state index < -0.39 is 0 Å². The van der Waals surface area contributed by atoms with Gasteiger partial charge in [0, 0.05) is 12.6 Å². The topological polar surface area (TPSA) is 67.1 Å². The SMILES string of the molecule is O=C(CSc1ncc(CO)n1Cc1ccccc1)NC1CCCCC1. The fourth-order valence-electron chi connectivity index (χ4n) is 3.21. The molecule has 0 radical (unpaired) electrons. The van der Waals surface area contributed by atoms with Crippen molar-refractivity contribution in [1.29, 1.82) is 0 Å². The zero-order chi connectivity index (χ0) is 17.5. The largest absolute Gasteiger partial charge is 0.390 e. The van der Waals surface area contributed by atoms with Crippen molar-refractivity contribution in [1.82, 2.24) is 14.9 Å². The molecule has 6 heteroatoms. The second-order valence-corrected chi connectivity index (χ2v) is 7.40. The molecule has 2 N–H and O–H groups in total. The van der Waals surface area contributed by atoms with Gasteiger partial charge in [-0.3, -0.25) is 4.79 Å². The molecule has 0 aliphatic heterocycles. The Kier molecular flexibility index (Phi) is 6.53. The minimum Gasteiger partial charge on any atom is -0.390 e. The number of amides is 1. The first-order chi connectivity index (χ1) is 12.3. The van der Waals surface area contributed by atoms with Crippen LogP contribution in [0.1, 0.15) is 43.4 Å². The first-order valence-corrected chi connectivity index (χ1v) is 9.86. The van der Waals surface area contributed by atoms with Crippen molar-refractivity contribution < 1.29 is 9.90 Å². The fourth-order valence-corrected chi connectivity index (χ4v) is 4.02. The van der Waals surface area contributed by atoms with E-state index in [2.05, 4.69) is 10.3 Å². The third-order valence-electron chi connectivity index (χ3n) is 4.55. The van der Waals surface area contributed by atoms with E-state index in [1.54, 1.807) is 6.20 Å². The Hall–Kier alpha value is -1.79. The number of nitrogens with one attached hydrogen (secondary N) is 1. The highest BCUT2D eigenvalue weighted by Gasteiger charge is 2.17. The van der Waals surface area contributed by atoms with Gasteiger partial charge in [-0.25, -0.2) is 4.98 Å². The van der Waals surface area contributed by atoms with Crippen LogP contribution in [0.2, 0.25) is 0 Å². The van der Waals surface area contributed by atoms with Crippen LogP contribution in [0.25, 0.3) is 0 Å². The molecule has 0 unspecified atom stereocenters. The van der Waals surface area contributed by atoms with Crippen molar-refractivity contribution in [3.63, 3.8) is 0 Å². The fraction of sp³-hybridized carbons (Fsp3) is 0.474. The number of imidazole rings is 1. The molecule has 1 aromatic heterocycles. The highest BCUT2D eigenvalue weighted by Crippen LogP contribution is 2.21. The minimum atomic E-state index is -0.0608. The third-order valence-corrected chi connectivity index (χ3v) is 5.54. The van der Waals surface area contributed by atoms with Gasteiger partial charge in [-0.1, -0.05) is 61.4 Å². The summed E-state index contributed by atoms with van der Waals surface area (Å²) >= 11 is 1.43. The van der Waals surface area contributed by atoms with Gasteiger partial charge in [0.25, 0.3) is 0 Å². The maximum atomic E-state index is 12.2. The molecule has 0 bridgehead atoms. The maximum absolute atomic E-state index is 12.2. The first-order valence-electron chi connectivity index (χ1n) is 8.87. The molecule has 1 amide bonds. The molecule has 1 aromatic carbocycles. The number of carbonyl (C=O) groups excluding carboxylic acids is 1. The van der Waals surface area contributed by atoms with Gasteiger partial charge < -0.3 is 15.0 Å². The summed E-state index contributed by atoms with van der Waals surface area (Å²) in [6.45, 7) is 0.581. The zero-order valence-electron chi connectivity index (χ0n) is 14.4. The van der Waals surface area contributed by atoms with E-state index >= 15 is 0 Å². The van der Waals surface area contributed by atoms with Gasteiger partial charge in [-0.15, -0.1) is 0 Å². The molecule has 0 saturated heterocycles. The van der Waals surface area contributed by atoms with Crippen LogP contribution in [0, 0.1) is 0 Å². The molecular formula is C19H25N3O2S. The molecule has 25 heavy (non-hydrogen) atoms. The van der Waals surface area contributed by atoms with Gasteiger partial charge in [-0.2, -0.15) is 0 Å². The van der Waals surface area contributed by atoms with Gasteiger partial charge in [0.15, 0.2) is 5.16 Å². The van der Waals surface area contributed by atoms with E-state index in [0.29, 0.717) is 18.3 Å². The molecule has 5 nitrogen and oxygen atoms in total. The molecule has 0 spiro atoms. The highest BCUT2D eigenvalue weighted by atomic mass is 32.2. The summed E-state index contributed by atoms with van der Waals surface area (Å²) in [6.07, 6.45) is 7.56. The Morgan fingerprint density at radius 2 is 2.00 bits per heavy atom. The van der Waals surface area contributed by atoms with Gasteiger partial charge in [0.2, 0.25) is 5.91 Å². The lowest BCUT2D eigenvalue weighted by Crippen LogP contribution is -2.37. The Morgan fingerprint density at radius 3 is 2.72 bits per heavy atom. The lowest BCUT2D eigenvalue weighted by molar-refractivity contribution is -0.119. The van der Waals surface area contributed by atoms with E-state index in [0.717, 1.165) is 29.3 Å². The summed E-state index contributed by atoms with van der Waals surface area (Å²) in [6, 6.07) is 10.4. The van der Waals surface area contributed by atoms with Gasteiger partial charge in [0.05, 0.1) is 24.3 Å². The summed E-state index contributed by atoms with van der Waals surface area (Å²) in [5, 5.41) is 13.5. The monoisotopic (exact) mass is 359 g/mol.